The van der Waals surface area contributed by atoms with Crippen LogP contribution in [0.3, 0.4) is 0 Å². The molecule has 0 aromatic heterocycles. The van der Waals surface area contributed by atoms with E-state index in [1.807, 2.05) is 0 Å². The van der Waals surface area contributed by atoms with Crippen molar-refractivity contribution in [3.63, 3.8) is 0 Å². The van der Waals surface area contributed by atoms with Crippen LogP contribution < -0.4 is 29.6 Å². The van der Waals surface area contributed by atoms with Gasteiger partial charge in [-0.15, -0.1) is 0 Å². The summed E-state index contributed by atoms with van der Waals surface area (Å²) in [7, 11) is -7.61. The van der Waals surface area contributed by atoms with E-state index < -0.39 is 58.3 Å². The molecule has 0 amide bonds. The molecule has 0 heterocycles. The van der Waals surface area contributed by atoms with Crippen molar-refractivity contribution in [3.05, 3.63) is 0 Å². The Hall–Kier alpha value is 0.0700. The van der Waals surface area contributed by atoms with Crippen molar-refractivity contribution in [2.45, 2.75) is 48.2 Å². The molecule has 1 atom stereocenters. The minimum absolute atomic E-state index is 0. The van der Waals surface area contributed by atoms with Crippen LogP contribution in [0, 0.1) is 0 Å². The fourth-order valence-corrected chi connectivity index (χ4v) is 1.66. The molecule has 25 heavy (non-hydrogen) atoms. The largest absolute Gasteiger partial charge is 1.00 e. The van der Waals surface area contributed by atoms with Crippen LogP contribution in [0.25, 0.3) is 0 Å². The van der Waals surface area contributed by atoms with E-state index in [0.29, 0.717) is 0 Å². The summed E-state index contributed by atoms with van der Waals surface area (Å²) in [4.78, 5) is 0. The Morgan fingerprint density at radius 3 is 1.44 bits per heavy atom. The van der Waals surface area contributed by atoms with Crippen molar-refractivity contribution in [2.75, 3.05) is 0 Å². The van der Waals surface area contributed by atoms with Crippen molar-refractivity contribution in [2.24, 2.45) is 0 Å². The van der Waals surface area contributed by atoms with Crippen LogP contribution in [0.5, 0.6) is 0 Å². The minimum atomic E-state index is -7.62. The number of rotatable bonds is 7. The monoisotopic (exact) mass is 432 g/mol. The van der Waals surface area contributed by atoms with Crippen LogP contribution in [-0.4, -0.2) is 48.3 Å². The summed E-state index contributed by atoms with van der Waals surface area (Å²) in [5, 5.41) is -7.29. The first-order valence-corrected chi connectivity index (χ1v) is 6.71. The van der Waals surface area contributed by atoms with E-state index in [0.717, 1.165) is 0 Å². The van der Waals surface area contributed by atoms with Gasteiger partial charge >= 0.3 is 58.8 Å². The van der Waals surface area contributed by atoms with E-state index in [-0.39, 0.29) is 29.6 Å². The van der Waals surface area contributed by atoms with Crippen molar-refractivity contribution in [1.82, 2.24) is 0 Å². The maximum Gasteiger partial charge on any atom is 1.00 e. The average molecular weight is 432 g/mol. The molecule has 0 aliphatic rings. The SMILES string of the molecule is O=S(=O)([O-])C(F)(F)C(F)(F)C(F)(F)C(F)(F)C(F)CCC(F)(F)F.[Na+]. The van der Waals surface area contributed by atoms with Crippen LogP contribution in [0.15, 0.2) is 0 Å². The van der Waals surface area contributed by atoms with Gasteiger partial charge in [-0.25, -0.2) is 12.8 Å². The molecular weight excluding hydrogens is 427 g/mol. The summed E-state index contributed by atoms with van der Waals surface area (Å²) in [6, 6.07) is 0. The van der Waals surface area contributed by atoms with Crippen LogP contribution in [-0.2, 0) is 10.1 Å². The van der Waals surface area contributed by atoms with Crippen molar-refractivity contribution in [1.29, 1.82) is 0 Å². The Labute approximate surface area is 153 Å². The molecule has 146 valence electrons. The molecule has 0 N–H and O–H groups in total. The van der Waals surface area contributed by atoms with Crippen molar-refractivity contribution >= 4 is 10.1 Å². The molecule has 0 bridgehead atoms. The van der Waals surface area contributed by atoms with E-state index in [9.17, 15) is 65.7 Å². The summed E-state index contributed by atoms with van der Waals surface area (Å²) in [5.74, 6) is -22.0. The van der Waals surface area contributed by atoms with Crippen LogP contribution >= 0.6 is 0 Å². The van der Waals surface area contributed by atoms with Gasteiger partial charge in [-0.2, -0.15) is 48.3 Å². The zero-order chi connectivity index (χ0) is 20.0. The number of hydrogen-bond acceptors (Lipinski definition) is 3. The molecule has 0 spiro atoms. The maximum atomic E-state index is 13.0. The number of halogens is 12. The minimum Gasteiger partial charge on any atom is -0.743 e. The van der Waals surface area contributed by atoms with Gasteiger partial charge in [0, 0.05) is 6.42 Å². The Bertz CT molecular complexity index is 557. The van der Waals surface area contributed by atoms with E-state index in [1.54, 1.807) is 0 Å². The fraction of sp³-hybridized carbons (Fsp3) is 1.00. The third kappa shape index (κ3) is 5.07. The van der Waals surface area contributed by atoms with Gasteiger partial charge in [0.25, 0.3) is 0 Å². The standard InChI is InChI=1S/C8H6F12O3S.Na/c9-3(1-2-4(10,11)12)5(13,14)6(15,16)7(17,18)8(19,20)24(21,22)23;/h3H,1-2H2,(H,21,22,23);/q;+1/p-1. The fourth-order valence-electron chi connectivity index (χ4n) is 1.22. The first kappa shape index (κ1) is 27.3. The first-order chi connectivity index (χ1) is 10.1. The molecule has 0 fully saturated rings. The van der Waals surface area contributed by atoms with E-state index in [4.69, 9.17) is 0 Å². The molecule has 0 aliphatic heterocycles. The van der Waals surface area contributed by atoms with Gasteiger partial charge in [0.2, 0.25) is 0 Å². The smallest absolute Gasteiger partial charge is 0.743 e. The average Bonchev–Trinajstić information content (AvgIpc) is 2.32. The second-order valence-corrected chi connectivity index (χ2v) is 5.79. The molecular formula is C8H5F12NaO3S. The molecule has 3 nitrogen and oxygen atoms in total. The molecule has 0 saturated carbocycles. The van der Waals surface area contributed by atoms with Gasteiger partial charge in [-0.1, -0.05) is 0 Å². The summed E-state index contributed by atoms with van der Waals surface area (Å²) >= 11 is 0. The molecule has 0 aromatic rings. The zero-order valence-electron chi connectivity index (χ0n) is 11.7. The van der Waals surface area contributed by atoms with E-state index >= 15 is 0 Å². The Balaban J connectivity index is 0. The quantitative estimate of drug-likeness (QED) is 0.339. The second kappa shape index (κ2) is 7.59. The van der Waals surface area contributed by atoms with Gasteiger partial charge in [-0.05, 0) is 6.42 Å². The van der Waals surface area contributed by atoms with Gasteiger partial charge in [0.15, 0.2) is 16.3 Å². The van der Waals surface area contributed by atoms with Crippen molar-refractivity contribution < 1.29 is 95.2 Å². The normalized spacial score (nSPS) is 16.4. The first-order valence-electron chi connectivity index (χ1n) is 5.30. The molecule has 17 heteroatoms. The second-order valence-electron chi connectivity index (χ2n) is 4.36. The van der Waals surface area contributed by atoms with Crippen LogP contribution in [0.2, 0.25) is 0 Å². The summed E-state index contributed by atoms with van der Waals surface area (Å²) in [5.41, 5.74) is 0. The Morgan fingerprint density at radius 1 is 0.800 bits per heavy atom. The maximum absolute atomic E-state index is 13.0. The summed E-state index contributed by atoms with van der Waals surface area (Å²) in [6.07, 6.45) is -15.1. The van der Waals surface area contributed by atoms with Crippen LogP contribution in [0.1, 0.15) is 12.8 Å². The summed E-state index contributed by atoms with van der Waals surface area (Å²) < 4.78 is 180. The third-order valence-corrected chi connectivity index (χ3v) is 3.45. The summed E-state index contributed by atoms with van der Waals surface area (Å²) in [6.45, 7) is 0. The number of hydrogen-bond donors (Lipinski definition) is 0. The Kier molecular flexibility index (Phi) is 8.29. The predicted octanol–water partition coefficient (Wildman–Crippen LogP) is 0.715. The molecule has 0 rings (SSSR count). The molecule has 1 unspecified atom stereocenters. The van der Waals surface area contributed by atoms with Gasteiger partial charge in [-0.3, -0.25) is 0 Å². The third-order valence-electron chi connectivity index (χ3n) is 2.57. The van der Waals surface area contributed by atoms with E-state index in [2.05, 4.69) is 0 Å². The topological polar surface area (TPSA) is 57.2 Å². The Morgan fingerprint density at radius 2 is 1.16 bits per heavy atom. The van der Waals surface area contributed by atoms with Gasteiger partial charge in [0.05, 0.1) is 0 Å². The van der Waals surface area contributed by atoms with Gasteiger partial charge < -0.3 is 4.55 Å². The van der Waals surface area contributed by atoms with Gasteiger partial charge in [0.1, 0.15) is 0 Å². The molecule has 0 aliphatic carbocycles. The predicted molar refractivity (Wildman–Crippen MR) is 49.7 cm³/mol. The zero-order valence-corrected chi connectivity index (χ0v) is 14.5. The van der Waals surface area contributed by atoms with E-state index in [1.165, 1.54) is 0 Å². The van der Waals surface area contributed by atoms with Crippen molar-refractivity contribution in [3.8, 4) is 0 Å². The van der Waals surface area contributed by atoms with Crippen LogP contribution in [0.4, 0.5) is 52.7 Å². The number of alkyl halides is 12. The molecule has 0 saturated heterocycles. The molecule has 0 aromatic carbocycles. The molecule has 0 radical (unpaired) electrons.